The van der Waals surface area contributed by atoms with E-state index in [9.17, 15) is 4.79 Å². The van der Waals surface area contributed by atoms with Gasteiger partial charge in [0.05, 0.1) is 22.6 Å². The minimum Gasteiger partial charge on any atom is -0.383 e. The summed E-state index contributed by atoms with van der Waals surface area (Å²) in [7, 11) is 3.28. The lowest BCUT2D eigenvalue weighted by atomic mass is 10.1. The van der Waals surface area contributed by atoms with Crippen LogP contribution in [0.5, 0.6) is 0 Å². The van der Waals surface area contributed by atoms with Crippen LogP contribution in [0.25, 0.3) is 0 Å². The zero-order valence-electron chi connectivity index (χ0n) is 10.7. The van der Waals surface area contributed by atoms with E-state index in [1.165, 1.54) is 0 Å². The van der Waals surface area contributed by atoms with Gasteiger partial charge in [-0.05, 0) is 18.6 Å². The average molecular weight is 290 g/mol. The van der Waals surface area contributed by atoms with E-state index >= 15 is 0 Å². The molecule has 0 aliphatic carbocycles. The predicted octanol–water partition coefficient (Wildman–Crippen LogP) is 2.97. The third-order valence-corrected chi connectivity index (χ3v) is 3.35. The highest BCUT2D eigenvalue weighted by atomic mass is 35.5. The number of carbonyl (C=O) groups excluding carboxylic acids is 1. The zero-order valence-corrected chi connectivity index (χ0v) is 12.3. The Labute approximate surface area is 118 Å². The highest BCUT2D eigenvalue weighted by Gasteiger charge is 2.18. The number of hydrogen-bond acceptors (Lipinski definition) is 2. The largest absolute Gasteiger partial charge is 0.383 e. The van der Waals surface area contributed by atoms with Crippen molar-refractivity contribution in [1.82, 2.24) is 4.90 Å². The SMILES string of the molecule is COCC(Cl)CN(C)C(=O)c1cccc(C)c1Cl. The van der Waals surface area contributed by atoms with Gasteiger partial charge in [0.2, 0.25) is 0 Å². The van der Waals surface area contributed by atoms with E-state index in [1.54, 1.807) is 25.1 Å². The molecular formula is C13H17Cl2NO2. The first-order valence-corrected chi connectivity index (χ1v) is 6.42. The summed E-state index contributed by atoms with van der Waals surface area (Å²) in [5, 5.41) is 0.264. The molecule has 0 aliphatic heterocycles. The number of aryl methyl sites for hydroxylation is 1. The lowest BCUT2D eigenvalue weighted by molar-refractivity contribution is 0.0781. The van der Waals surface area contributed by atoms with Gasteiger partial charge < -0.3 is 9.64 Å². The number of ether oxygens (including phenoxy) is 1. The summed E-state index contributed by atoms with van der Waals surface area (Å²) in [4.78, 5) is 13.8. The molecular weight excluding hydrogens is 273 g/mol. The monoisotopic (exact) mass is 289 g/mol. The van der Waals surface area contributed by atoms with Crippen LogP contribution in [0.15, 0.2) is 18.2 Å². The molecule has 0 saturated carbocycles. The predicted molar refractivity (Wildman–Crippen MR) is 74.7 cm³/mol. The molecule has 0 saturated heterocycles. The fourth-order valence-corrected chi connectivity index (χ4v) is 2.17. The molecule has 0 heterocycles. The molecule has 0 aliphatic rings. The van der Waals surface area contributed by atoms with E-state index in [0.717, 1.165) is 5.56 Å². The smallest absolute Gasteiger partial charge is 0.255 e. The van der Waals surface area contributed by atoms with Crippen molar-refractivity contribution < 1.29 is 9.53 Å². The number of amides is 1. The van der Waals surface area contributed by atoms with Gasteiger partial charge in [0, 0.05) is 20.7 Å². The number of alkyl halides is 1. The van der Waals surface area contributed by atoms with Gasteiger partial charge in [0.25, 0.3) is 5.91 Å². The van der Waals surface area contributed by atoms with Crippen LogP contribution in [0.1, 0.15) is 15.9 Å². The molecule has 5 heteroatoms. The molecule has 1 amide bonds. The lowest BCUT2D eigenvalue weighted by Crippen LogP contribution is -2.34. The van der Waals surface area contributed by atoms with Gasteiger partial charge in [-0.3, -0.25) is 4.79 Å². The number of benzene rings is 1. The van der Waals surface area contributed by atoms with E-state index in [2.05, 4.69) is 0 Å². The number of carbonyl (C=O) groups is 1. The van der Waals surface area contributed by atoms with Crippen molar-refractivity contribution in [2.45, 2.75) is 12.3 Å². The number of methoxy groups -OCH3 is 1. The summed E-state index contributed by atoms with van der Waals surface area (Å²) in [5.74, 6) is -0.134. The number of halogens is 2. The van der Waals surface area contributed by atoms with Crippen molar-refractivity contribution in [1.29, 1.82) is 0 Å². The molecule has 1 unspecified atom stereocenters. The Morgan fingerprint density at radius 1 is 1.50 bits per heavy atom. The first-order chi connectivity index (χ1) is 8.47. The van der Waals surface area contributed by atoms with Crippen LogP contribution in [0.2, 0.25) is 5.02 Å². The summed E-state index contributed by atoms with van der Waals surface area (Å²) in [6, 6.07) is 5.40. The topological polar surface area (TPSA) is 29.5 Å². The molecule has 0 spiro atoms. The molecule has 0 aromatic heterocycles. The molecule has 18 heavy (non-hydrogen) atoms. The van der Waals surface area contributed by atoms with Crippen LogP contribution in [0, 0.1) is 6.92 Å². The normalized spacial score (nSPS) is 12.3. The second kappa shape index (κ2) is 6.98. The van der Waals surface area contributed by atoms with Gasteiger partial charge in [-0.15, -0.1) is 11.6 Å². The van der Waals surface area contributed by atoms with E-state index in [0.29, 0.717) is 23.7 Å². The maximum absolute atomic E-state index is 12.2. The quantitative estimate of drug-likeness (QED) is 0.780. The number of nitrogens with zero attached hydrogens (tertiary/aromatic N) is 1. The third kappa shape index (κ3) is 3.87. The zero-order chi connectivity index (χ0) is 13.7. The van der Waals surface area contributed by atoms with Gasteiger partial charge in [0.1, 0.15) is 0 Å². The van der Waals surface area contributed by atoms with E-state index in [-0.39, 0.29) is 11.3 Å². The second-order valence-electron chi connectivity index (χ2n) is 4.17. The standard InChI is InChI=1S/C13H17Cl2NO2/c1-9-5-4-6-11(12(9)15)13(17)16(2)7-10(14)8-18-3/h4-6,10H,7-8H2,1-3H3. The van der Waals surface area contributed by atoms with Crippen LogP contribution in [-0.2, 0) is 4.74 Å². The Bertz CT molecular complexity index is 423. The number of rotatable bonds is 5. The molecule has 1 aromatic rings. The van der Waals surface area contributed by atoms with Crippen LogP contribution in [-0.4, -0.2) is 43.5 Å². The van der Waals surface area contributed by atoms with Gasteiger partial charge in [-0.2, -0.15) is 0 Å². The van der Waals surface area contributed by atoms with Crippen LogP contribution >= 0.6 is 23.2 Å². The minimum absolute atomic E-state index is 0.134. The van der Waals surface area contributed by atoms with Gasteiger partial charge in [0.15, 0.2) is 0 Å². The van der Waals surface area contributed by atoms with Crippen molar-refractivity contribution in [3.63, 3.8) is 0 Å². The van der Waals surface area contributed by atoms with Gasteiger partial charge >= 0.3 is 0 Å². The summed E-state index contributed by atoms with van der Waals surface area (Å²) in [6.07, 6.45) is 0. The molecule has 0 bridgehead atoms. The number of hydrogen-bond donors (Lipinski definition) is 0. The van der Waals surface area contributed by atoms with Crippen LogP contribution in [0.4, 0.5) is 0 Å². The molecule has 1 rings (SSSR count). The van der Waals surface area contributed by atoms with Crippen molar-refractivity contribution >= 4 is 29.1 Å². The molecule has 1 aromatic carbocycles. The van der Waals surface area contributed by atoms with Crippen molar-refractivity contribution in [3.8, 4) is 0 Å². The molecule has 100 valence electrons. The van der Waals surface area contributed by atoms with Crippen molar-refractivity contribution in [2.24, 2.45) is 0 Å². The Kier molecular flexibility index (Phi) is 5.93. The molecule has 0 fully saturated rings. The second-order valence-corrected chi connectivity index (χ2v) is 5.17. The minimum atomic E-state index is -0.229. The van der Waals surface area contributed by atoms with Crippen LogP contribution < -0.4 is 0 Å². The lowest BCUT2D eigenvalue weighted by Gasteiger charge is -2.21. The fraction of sp³-hybridized carbons (Fsp3) is 0.462. The van der Waals surface area contributed by atoms with E-state index in [1.807, 2.05) is 19.1 Å². The highest BCUT2D eigenvalue weighted by Crippen LogP contribution is 2.21. The average Bonchev–Trinajstić information content (AvgIpc) is 2.32. The molecule has 0 N–H and O–H groups in total. The van der Waals surface area contributed by atoms with Crippen LogP contribution in [0.3, 0.4) is 0 Å². The Morgan fingerprint density at radius 2 is 2.17 bits per heavy atom. The summed E-state index contributed by atoms with van der Waals surface area (Å²) in [6.45, 7) is 2.69. The van der Waals surface area contributed by atoms with Gasteiger partial charge in [-0.1, -0.05) is 23.7 Å². The Hall–Kier alpha value is -0.770. The fourth-order valence-electron chi connectivity index (χ4n) is 1.63. The van der Waals surface area contributed by atoms with E-state index < -0.39 is 0 Å². The van der Waals surface area contributed by atoms with Gasteiger partial charge in [-0.25, -0.2) is 0 Å². The maximum Gasteiger partial charge on any atom is 0.255 e. The first kappa shape index (κ1) is 15.3. The summed E-state index contributed by atoms with van der Waals surface area (Å²) < 4.78 is 4.94. The van der Waals surface area contributed by atoms with Crippen molar-refractivity contribution in [2.75, 3.05) is 27.3 Å². The first-order valence-electron chi connectivity index (χ1n) is 5.61. The van der Waals surface area contributed by atoms with E-state index in [4.69, 9.17) is 27.9 Å². The summed E-state index contributed by atoms with van der Waals surface area (Å²) in [5.41, 5.74) is 1.38. The molecule has 0 radical (unpaired) electrons. The Morgan fingerprint density at radius 3 is 2.78 bits per heavy atom. The highest BCUT2D eigenvalue weighted by molar-refractivity contribution is 6.34. The van der Waals surface area contributed by atoms with Crippen molar-refractivity contribution in [3.05, 3.63) is 34.3 Å². The third-order valence-electron chi connectivity index (χ3n) is 2.59. The molecule has 1 atom stereocenters. The Balaban J connectivity index is 2.77. The summed E-state index contributed by atoms with van der Waals surface area (Å²) >= 11 is 12.2. The maximum atomic E-state index is 12.2. The molecule has 3 nitrogen and oxygen atoms in total.